The molecule has 0 unspecified atom stereocenters. The van der Waals surface area contributed by atoms with E-state index >= 15 is 0 Å². The second-order valence-corrected chi connectivity index (χ2v) is 8.41. The Bertz CT molecular complexity index is 361. The molecule has 0 heterocycles. The molecule has 0 radical (unpaired) electrons. The van der Waals surface area contributed by atoms with Crippen molar-refractivity contribution in [2.24, 2.45) is 0 Å². The molecule has 28 heavy (non-hydrogen) atoms. The molecule has 0 aromatic carbocycles. The van der Waals surface area contributed by atoms with Gasteiger partial charge in [-0.05, 0) is 38.5 Å². The number of unbranched alkanes of at least 4 members (excludes halogenated alkanes) is 10. The Labute approximate surface area is 173 Å². The number of hydrogen-bond donors (Lipinski definition) is 0. The zero-order valence-corrected chi connectivity index (χ0v) is 18.5. The second-order valence-electron chi connectivity index (χ2n) is 8.41. The number of carbonyl (C=O) groups excluding carboxylic acids is 2. The van der Waals surface area contributed by atoms with Gasteiger partial charge in [-0.25, -0.2) is 0 Å². The van der Waals surface area contributed by atoms with Crippen molar-refractivity contribution in [3.8, 4) is 0 Å². The van der Waals surface area contributed by atoms with Crippen molar-refractivity contribution in [2.75, 3.05) is 0 Å². The van der Waals surface area contributed by atoms with Gasteiger partial charge >= 0.3 is 11.9 Å². The molecule has 0 aromatic heterocycles. The van der Waals surface area contributed by atoms with Gasteiger partial charge in [0.1, 0.15) is 12.2 Å². The van der Waals surface area contributed by atoms with Gasteiger partial charge in [0, 0.05) is 12.8 Å². The SMILES string of the molecule is CCCCCCCCC(=O)OC1CCC(OC(=O)CCCCCCCC)CC1. The van der Waals surface area contributed by atoms with E-state index in [9.17, 15) is 9.59 Å². The molecule has 0 bridgehead atoms. The quantitative estimate of drug-likeness (QED) is 0.211. The number of esters is 2. The summed E-state index contributed by atoms with van der Waals surface area (Å²) in [6.45, 7) is 4.42. The largest absolute Gasteiger partial charge is 0.462 e. The Morgan fingerprint density at radius 3 is 1.25 bits per heavy atom. The van der Waals surface area contributed by atoms with Crippen LogP contribution in [0.15, 0.2) is 0 Å². The third-order valence-electron chi connectivity index (χ3n) is 5.69. The van der Waals surface area contributed by atoms with Crippen molar-refractivity contribution in [3.05, 3.63) is 0 Å². The molecule has 0 amide bonds. The predicted molar refractivity (Wildman–Crippen MR) is 114 cm³/mol. The number of ether oxygens (including phenoxy) is 2. The molecule has 1 aliphatic rings. The summed E-state index contributed by atoms with van der Waals surface area (Å²) in [4.78, 5) is 23.9. The smallest absolute Gasteiger partial charge is 0.306 e. The maximum absolute atomic E-state index is 12.0. The van der Waals surface area contributed by atoms with Gasteiger partial charge in [0.2, 0.25) is 0 Å². The Morgan fingerprint density at radius 1 is 0.571 bits per heavy atom. The van der Waals surface area contributed by atoms with Crippen LogP contribution in [0.2, 0.25) is 0 Å². The van der Waals surface area contributed by atoms with Crippen LogP contribution in [-0.2, 0) is 19.1 Å². The molecular formula is C24H44O4. The standard InChI is InChI=1S/C24H44O4/c1-3-5-7-9-11-13-15-23(25)27-21-17-19-22(20-18-21)28-24(26)16-14-12-10-8-6-4-2/h21-22H,3-20H2,1-2H3. The highest BCUT2D eigenvalue weighted by atomic mass is 16.6. The number of hydrogen-bond acceptors (Lipinski definition) is 4. The Hall–Kier alpha value is -1.06. The summed E-state index contributed by atoms with van der Waals surface area (Å²) in [5.74, 6) is -0.113. The molecule has 0 saturated heterocycles. The average Bonchev–Trinajstić information content (AvgIpc) is 2.69. The molecule has 4 nitrogen and oxygen atoms in total. The normalized spacial score (nSPS) is 19.4. The van der Waals surface area contributed by atoms with E-state index in [1.807, 2.05) is 0 Å². The molecule has 0 aliphatic heterocycles. The predicted octanol–water partition coefficient (Wildman–Crippen LogP) is 6.89. The van der Waals surface area contributed by atoms with Crippen LogP contribution >= 0.6 is 0 Å². The summed E-state index contributed by atoms with van der Waals surface area (Å²) in [5, 5.41) is 0. The molecule has 0 spiro atoms. The summed E-state index contributed by atoms with van der Waals surface area (Å²) in [6.07, 6.45) is 18.6. The second kappa shape index (κ2) is 16.9. The summed E-state index contributed by atoms with van der Waals surface area (Å²) < 4.78 is 11.2. The molecule has 0 N–H and O–H groups in total. The van der Waals surface area contributed by atoms with E-state index in [2.05, 4.69) is 13.8 Å². The topological polar surface area (TPSA) is 52.6 Å². The maximum atomic E-state index is 12.0. The monoisotopic (exact) mass is 396 g/mol. The van der Waals surface area contributed by atoms with Crippen LogP contribution in [0.3, 0.4) is 0 Å². The van der Waals surface area contributed by atoms with Gasteiger partial charge in [-0.1, -0.05) is 78.1 Å². The lowest BCUT2D eigenvalue weighted by atomic mass is 9.95. The van der Waals surface area contributed by atoms with Gasteiger partial charge < -0.3 is 9.47 Å². The third kappa shape index (κ3) is 13.2. The molecule has 4 heteroatoms. The summed E-state index contributed by atoms with van der Waals surface area (Å²) >= 11 is 0. The van der Waals surface area contributed by atoms with Gasteiger partial charge in [-0.3, -0.25) is 9.59 Å². The minimum atomic E-state index is -0.0565. The van der Waals surface area contributed by atoms with Gasteiger partial charge in [0.05, 0.1) is 0 Å². The van der Waals surface area contributed by atoms with Gasteiger partial charge in [-0.15, -0.1) is 0 Å². The number of carbonyl (C=O) groups is 2. The Balaban J connectivity index is 2.02. The number of rotatable bonds is 16. The fourth-order valence-electron chi connectivity index (χ4n) is 3.86. The van der Waals surface area contributed by atoms with Crippen LogP contribution in [0, 0.1) is 0 Å². The highest BCUT2D eigenvalue weighted by molar-refractivity contribution is 5.70. The van der Waals surface area contributed by atoms with E-state index in [0.717, 1.165) is 51.4 Å². The van der Waals surface area contributed by atoms with E-state index in [1.54, 1.807) is 0 Å². The van der Waals surface area contributed by atoms with E-state index < -0.39 is 0 Å². The highest BCUT2D eigenvalue weighted by Crippen LogP contribution is 2.24. The minimum absolute atomic E-state index is 0.0149. The van der Waals surface area contributed by atoms with E-state index in [0.29, 0.717) is 12.8 Å². The van der Waals surface area contributed by atoms with Crippen molar-refractivity contribution in [1.29, 1.82) is 0 Å². The molecule has 1 fully saturated rings. The van der Waals surface area contributed by atoms with E-state index in [4.69, 9.17) is 9.47 Å². The molecule has 0 atom stereocenters. The first-order valence-corrected chi connectivity index (χ1v) is 12.0. The lowest BCUT2D eigenvalue weighted by Gasteiger charge is -2.28. The zero-order valence-electron chi connectivity index (χ0n) is 18.5. The Kier molecular flexibility index (Phi) is 15.0. The third-order valence-corrected chi connectivity index (χ3v) is 5.69. The summed E-state index contributed by atoms with van der Waals surface area (Å²) in [5.41, 5.74) is 0. The first kappa shape index (κ1) is 25.0. The van der Waals surface area contributed by atoms with E-state index in [1.165, 1.54) is 51.4 Å². The van der Waals surface area contributed by atoms with Crippen LogP contribution in [-0.4, -0.2) is 24.1 Å². The van der Waals surface area contributed by atoms with Crippen molar-refractivity contribution in [3.63, 3.8) is 0 Å². The summed E-state index contributed by atoms with van der Waals surface area (Å²) in [6, 6.07) is 0. The molecule has 1 rings (SSSR count). The first-order chi connectivity index (χ1) is 13.7. The first-order valence-electron chi connectivity index (χ1n) is 12.0. The van der Waals surface area contributed by atoms with Crippen LogP contribution in [0.5, 0.6) is 0 Å². The fraction of sp³-hybridized carbons (Fsp3) is 0.917. The Morgan fingerprint density at radius 2 is 0.893 bits per heavy atom. The van der Waals surface area contributed by atoms with Crippen LogP contribution in [0.25, 0.3) is 0 Å². The lowest BCUT2D eigenvalue weighted by molar-refractivity contribution is -0.158. The van der Waals surface area contributed by atoms with Gasteiger partial charge in [0.15, 0.2) is 0 Å². The van der Waals surface area contributed by atoms with Crippen molar-refractivity contribution < 1.29 is 19.1 Å². The van der Waals surface area contributed by atoms with Crippen molar-refractivity contribution in [2.45, 2.75) is 142 Å². The zero-order chi connectivity index (χ0) is 20.5. The van der Waals surface area contributed by atoms with Crippen molar-refractivity contribution >= 4 is 11.9 Å². The van der Waals surface area contributed by atoms with Gasteiger partial charge in [-0.2, -0.15) is 0 Å². The van der Waals surface area contributed by atoms with Crippen LogP contribution in [0.1, 0.15) is 129 Å². The molecular weight excluding hydrogens is 352 g/mol. The van der Waals surface area contributed by atoms with Gasteiger partial charge in [0.25, 0.3) is 0 Å². The van der Waals surface area contributed by atoms with Crippen molar-refractivity contribution in [1.82, 2.24) is 0 Å². The highest BCUT2D eigenvalue weighted by Gasteiger charge is 2.26. The molecule has 164 valence electrons. The average molecular weight is 397 g/mol. The van der Waals surface area contributed by atoms with Crippen LogP contribution in [0.4, 0.5) is 0 Å². The summed E-state index contributed by atoms with van der Waals surface area (Å²) in [7, 11) is 0. The molecule has 1 saturated carbocycles. The lowest BCUT2D eigenvalue weighted by Crippen LogP contribution is -2.29. The molecule has 0 aromatic rings. The maximum Gasteiger partial charge on any atom is 0.306 e. The minimum Gasteiger partial charge on any atom is -0.462 e. The molecule has 1 aliphatic carbocycles. The fourth-order valence-corrected chi connectivity index (χ4v) is 3.86. The van der Waals surface area contributed by atoms with E-state index in [-0.39, 0.29) is 24.1 Å². The van der Waals surface area contributed by atoms with Crippen LogP contribution < -0.4 is 0 Å².